The Labute approximate surface area is 89.6 Å². The highest BCUT2D eigenvalue weighted by Crippen LogP contribution is 2.32. The van der Waals surface area contributed by atoms with Crippen molar-refractivity contribution >= 4 is 11.5 Å². The van der Waals surface area contributed by atoms with Crippen LogP contribution in [0.2, 0.25) is 0 Å². The first-order valence-electron chi connectivity index (χ1n) is 5.44. The van der Waals surface area contributed by atoms with Gasteiger partial charge in [0.15, 0.2) is 11.4 Å². The van der Waals surface area contributed by atoms with Crippen molar-refractivity contribution in [2.75, 3.05) is 13.2 Å². The second kappa shape index (κ2) is 3.59. The van der Waals surface area contributed by atoms with Crippen LogP contribution in [0.5, 0.6) is 0 Å². The third-order valence-corrected chi connectivity index (χ3v) is 3.17. The number of nitrogens with zero attached hydrogens (tertiary/aromatic N) is 1. The van der Waals surface area contributed by atoms with Crippen LogP contribution in [-0.4, -0.2) is 30.3 Å². The third-order valence-electron chi connectivity index (χ3n) is 3.17. The zero-order chi connectivity index (χ0) is 11.1. The average molecular weight is 211 g/mol. The van der Waals surface area contributed by atoms with Crippen molar-refractivity contribution in [3.05, 3.63) is 0 Å². The number of rotatable bonds is 2. The van der Waals surface area contributed by atoms with E-state index in [0.717, 1.165) is 12.1 Å². The summed E-state index contributed by atoms with van der Waals surface area (Å²) in [6.45, 7) is 6.80. The summed E-state index contributed by atoms with van der Waals surface area (Å²) in [5.41, 5.74) is -0.0689. The highest BCUT2D eigenvalue weighted by Gasteiger charge is 2.49. The van der Waals surface area contributed by atoms with Crippen molar-refractivity contribution in [1.29, 1.82) is 0 Å². The third kappa shape index (κ3) is 1.57. The largest absolute Gasteiger partial charge is 0.395 e. The summed E-state index contributed by atoms with van der Waals surface area (Å²) >= 11 is 0. The van der Waals surface area contributed by atoms with E-state index >= 15 is 0 Å². The van der Waals surface area contributed by atoms with Gasteiger partial charge < -0.3 is 9.57 Å². The standard InChI is InChI=1S/C11H17NO3/c1-7(2)10(13)11(3)9-8(4-5-14-11)6-15-12-9/h7-8H,4-6H2,1-3H3/t8-,11+/m0/s1. The van der Waals surface area contributed by atoms with Gasteiger partial charge in [-0.05, 0) is 13.3 Å². The van der Waals surface area contributed by atoms with E-state index in [1.54, 1.807) is 0 Å². The van der Waals surface area contributed by atoms with Crippen LogP contribution in [0.3, 0.4) is 0 Å². The molecule has 2 heterocycles. The predicted molar refractivity (Wildman–Crippen MR) is 55.7 cm³/mol. The number of carbonyl (C=O) groups excluding carboxylic acids is 1. The quantitative estimate of drug-likeness (QED) is 0.693. The Balaban J connectivity index is 2.29. The van der Waals surface area contributed by atoms with Crippen molar-refractivity contribution in [2.24, 2.45) is 17.0 Å². The van der Waals surface area contributed by atoms with Gasteiger partial charge in [-0.3, -0.25) is 4.79 Å². The lowest BCUT2D eigenvalue weighted by Gasteiger charge is -2.35. The number of fused-ring (bicyclic) bond motifs is 1. The minimum atomic E-state index is -0.854. The molecule has 1 fully saturated rings. The molecule has 2 rings (SSSR count). The van der Waals surface area contributed by atoms with Crippen LogP contribution in [0, 0.1) is 11.8 Å². The Bertz CT molecular complexity index is 311. The van der Waals surface area contributed by atoms with E-state index in [0.29, 0.717) is 13.2 Å². The molecule has 0 amide bonds. The molecule has 0 aliphatic carbocycles. The maximum absolute atomic E-state index is 12.1. The van der Waals surface area contributed by atoms with E-state index in [1.165, 1.54) is 0 Å². The van der Waals surface area contributed by atoms with E-state index in [9.17, 15) is 4.79 Å². The Kier molecular flexibility index (Phi) is 2.54. The molecule has 0 unspecified atom stereocenters. The fraction of sp³-hybridized carbons (Fsp3) is 0.818. The van der Waals surface area contributed by atoms with E-state index < -0.39 is 5.60 Å². The van der Waals surface area contributed by atoms with Crippen molar-refractivity contribution in [3.8, 4) is 0 Å². The zero-order valence-corrected chi connectivity index (χ0v) is 9.45. The Morgan fingerprint density at radius 1 is 1.60 bits per heavy atom. The van der Waals surface area contributed by atoms with Gasteiger partial charge >= 0.3 is 0 Å². The van der Waals surface area contributed by atoms with Crippen LogP contribution in [-0.2, 0) is 14.4 Å². The highest BCUT2D eigenvalue weighted by atomic mass is 16.6. The predicted octanol–water partition coefficient (Wildman–Crippen LogP) is 1.39. The Morgan fingerprint density at radius 2 is 2.33 bits per heavy atom. The van der Waals surface area contributed by atoms with Crippen LogP contribution in [0.4, 0.5) is 0 Å². The van der Waals surface area contributed by atoms with E-state index in [1.807, 2.05) is 20.8 Å². The molecule has 4 heteroatoms. The monoisotopic (exact) mass is 211 g/mol. The van der Waals surface area contributed by atoms with E-state index in [2.05, 4.69) is 5.16 Å². The fourth-order valence-electron chi connectivity index (χ4n) is 2.27. The van der Waals surface area contributed by atoms with E-state index in [4.69, 9.17) is 9.57 Å². The lowest BCUT2D eigenvalue weighted by molar-refractivity contribution is -0.139. The first-order valence-corrected chi connectivity index (χ1v) is 5.44. The van der Waals surface area contributed by atoms with Crippen molar-refractivity contribution in [3.63, 3.8) is 0 Å². The second-order valence-electron chi connectivity index (χ2n) is 4.66. The van der Waals surface area contributed by atoms with Gasteiger partial charge in [0, 0.05) is 18.4 Å². The van der Waals surface area contributed by atoms with Crippen molar-refractivity contribution < 1.29 is 14.4 Å². The molecule has 15 heavy (non-hydrogen) atoms. The highest BCUT2D eigenvalue weighted by molar-refractivity contribution is 6.14. The molecule has 2 aliphatic rings. The topological polar surface area (TPSA) is 47.9 Å². The van der Waals surface area contributed by atoms with Crippen LogP contribution in [0.15, 0.2) is 5.16 Å². The summed E-state index contributed by atoms with van der Waals surface area (Å²) < 4.78 is 5.64. The molecule has 84 valence electrons. The van der Waals surface area contributed by atoms with Gasteiger partial charge in [0.1, 0.15) is 12.3 Å². The van der Waals surface area contributed by atoms with Gasteiger partial charge in [-0.2, -0.15) is 0 Å². The number of oxime groups is 1. The molecule has 0 N–H and O–H groups in total. The zero-order valence-electron chi connectivity index (χ0n) is 9.45. The molecule has 0 aromatic heterocycles. The van der Waals surface area contributed by atoms with Gasteiger partial charge in [0.2, 0.25) is 0 Å². The number of ether oxygens (including phenoxy) is 1. The van der Waals surface area contributed by atoms with Crippen LogP contribution < -0.4 is 0 Å². The number of hydrogen-bond acceptors (Lipinski definition) is 4. The summed E-state index contributed by atoms with van der Waals surface area (Å²) in [4.78, 5) is 17.2. The summed E-state index contributed by atoms with van der Waals surface area (Å²) in [5, 5.41) is 3.99. The number of carbonyl (C=O) groups is 1. The molecule has 2 aliphatic heterocycles. The van der Waals surface area contributed by atoms with E-state index in [-0.39, 0.29) is 17.6 Å². The number of ketones is 1. The smallest absolute Gasteiger partial charge is 0.172 e. The van der Waals surface area contributed by atoms with Crippen LogP contribution in [0.25, 0.3) is 0 Å². The summed E-state index contributed by atoms with van der Waals surface area (Å²) in [6, 6.07) is 0. The summed E-state index contributed by atoms with van der Waals surface area (Å²) in [6.07, 6.45) is 0.903. The minimum Gasteiger partial charge on any atom is -0.395 e. The van der Waals surface area contributed by atoms with Crippen LogP contribution >= 0.6 is 0 Å². The molecule has 2 atom stereocenters. The summed E-state index contributed by atoms with van der Waals surface area (Å²) in [7, 11) is 0. The van der Waals surface area contributed by atoms with Crippen molar-refractivity contribution in [2.45, 2.75) is 32.8 Å². The number of hydrogen-bond donors (Lipinski definition) is 0. The SMILES string of the molecule is CC(C)C(=O)[C@]1(C)OCC[C@H]2CON=C21. The summed E-state index contributed by atoms with van der Waals surface area (Å²) in [5.74, 6) is 0.319. The molecular formula is C11H17NO3. The molecule has 0 radical (unpaired) electrons. The Morgan fingerprint density at radius 3 is 3.00 bits per heavy atom. The molecule has 4 nitrogen and oxygen atoms in total. The lowest BCUT2D eigenvalue weighted by atomic mass is 9.79. The van der Waals surface area contributed by atoms with Gasteiger partial charge in [-0.15, -0.1) is 0 Å². The molecule has 0 bridgehead atoms. The second-order valence-corrected chi connectivity index (χ2v) is 4.66. The van der Waals surface area contributed by atoms with Crippen LogP contribution in [0.1, 0.15) is 27.2 Å². The molecule has 0 spiro atoms. The molecule has 1 saturated heterocycles. The fourth-order valence-corrected chi connectivity index (χ4v) is 2.27. The minimum absolute atomic E-state index is 0.0444. The first kappa shape index (κ1) is 10.6. The van der Waals surface area contributed by atoms with Gasteiger partial charge in [-0.1, -0.05) is 19.0 Å². The maximum Gasteiger partial charge on any atom is 0.172 e. The molecular weight excluding hydrogens is 194 g/mol. The Hall–Kier alpha value is -0.900. The number of Topliss-reactive ketones (excluding diaryl/α,β-unsaturated/α-hetero) is 1. The van der Waals surface area contributed by atoms with Gasteiger partial charge in [-0.25, -0.2) is 0 Å². The normalized spacial score (nSPS) is 34.7. The maximum atomic E-state index is 12.1. The van der Waals surface area contributed by atoms with Crippen molar-refractivity contribution in [1.82, 2.24) is 0 Å². The lowest BCUT2D eigenvalue weighted by Crippen LogP contribution is -2.53. The molecule has 0 saturated carbocycles. The molecule has 0 aromatic carbocycles. The first-order chi connectivity index (χ1) is 7.05. The average Bonchev–Trinajstić information content (AvgIpc) is 2.66. The molecule has 0 aromatic rings. The van der Waals surface area contributed by atoms with Gasteiger partial charge in [0.05, 0.1) is 0 Å². The van der Waals surface area contributed by atoms with Gasteiger partial charge in [0.25, 0.3) is 0 Å².